The molecular weight excluding hydrogens is 409 g/mol. The lowest BCUT2D eigenvalue weighted by Gasteiger charge is -2.18. The molecule has 0 aliphatic rings. The Morgan fingerprint density at radius 1 is 1.13 bits per heavy atom. The van der Waals surface area contributed by atoms with Crippen LogP contribution in [0.25, 0.3) is 11.0 Å². The van der Waals surface area contributed by atoms with Gasteiger partial charge in [-0.3, -0.25) is 0 Å². The number of aromatic nitrogens is 2. The molecule has 0 aliphatic heterocycles. The number of urea groups is 1. The highest BCUT2D eigenvalue weighted by molar-refractivity contribution is 5.76. The molecule has 0 fully saturated rings. The van der Waals surface area contributed by atoms with Gasteiger partial charge in [-0.05, 0) is 30.2 Å². The van der Waals surface area contributed by atoms with Crippen LogP contribution in [0.2, 0.25) is 0 Å². The van der Waals surface area contributed by atoms with Crippen molar-refractivity contribution in [3.05, 3.63) is 65.5 Å². The number of benzene rings is 2. The average molecular weight is 434 g/mol. The van der Waals surface area contributed by atoms with E-state index in [1.54, 1.807) is 36.2 Å². The maximum Gasteiger partial charge on any atom is 0.411 e. The van der Waals surface area contributed by atoms with Gasteiger partial charge in [0.05, 0.1) is 24.2 Å². The van der Waals surface area contributed by atoms with E-state index in [1.165, 1.54) is 0 Å². The Morgan fingerprint density at radius 2 is 1.81 bits per heavy atom. The SMILES string of the molecule is CCn1c(CN(C)C(=O)NCc2ccc(COCC(F)(F)F)cc2)nc2ccccc21. The Labute approximate surface area is 178 Å². The van der Waals surface area contributed by atoms with Crippen LogP contribution in [0.15, 0.2) is 48.5 Å². The van der Waals surface area contributed by atoms with Gasteiger partial charge in [-0.2, -0.15) is 13.2 Å². The number of carbonyl (C=O) groups is 1. The summed E-state index contributed by atoms with van der Waals surface area (Å²) in [5, 5.41) is 2.84. The fourth-order valence-electron chi connectivity index (χ4n) is 3.23. The van der Waals surface area contributed by atoms with E-state index in [0.717, 1.165) is 29.0 Å². The number of fused-ring (bicyclic) bond motifs is 1. The van der Waals surface area contributed by atoms with Gasteiger partial charge in [0.25, 0.3) is 0 Å². The molecule has 0 saturated carbocycles. The zero-order valence-electron chi connectivity index (χ0n) is 17.4. The first kappa shape index (κ1) is 22.6. The van der Waals surface area contributed by atoms with Crippen LogP contribution in [-0.4, -0.2) is 40.3 Å². The van der Waals surface area contributed by atoms with Crippen LogP contribution in [0.5, 0.6) is 0 Å². The van der Waals surface area contributed by atoms with Gasteiger partial charge in [-0.15, -0.1) is 0 Å². The molecule has 3 aromatic rings. The quantitative estimate of drug-likeness (QED) is 0.569. The van der Waals surface area contributed by atoms with E-state index >= 15 is 0 Å². The van der Waals surface area contributed by atoms with E-state index in [0.29, 0.717) is 18.7 Å². The smallest absolute Gasteiger partial charge is 0.367 e. The van der Waals surface area contributed by atoms with Gasteiger partial charge >= 0.3 is 12.2 Å². The first-order chi connectivity index (χ1) is 14.8. The summed E-state index contributed by atoms with van der Waals surface area (Å²) in [6, 6.07) is 14.5. The number of ether oxygens (including phenoxy) is 1. The standard InChI is InChI=1S/C22H25F3N4O2/c1-3-29-19-7-5-4-6-18(19)27-20(29)13-28(2)21(30)26-12-16-8-10-17(11-9-16)14-31-15-22(23,24)25/h4-11H,3,12-15H2,1-2H3,(H,26,30). The number of hydrogen-bond donors (Lipinski definition) is 1. The molecule has 0 spiro atoms. The summed E-state index contributed by atoms with van der Waals surface area (Å²) in [6.07, 6.45) is -4.34. The monoisotopic (exact) mass is 434 g/mol. The molecule has 31 heavy (non-hydrogen) atoms. The van der Waals surface area contributed by atoms with Crippen LogP contribution < -0.4 is 5.32 Å². The highest BCUT2D eigenvalue weighted by Gasteiger charge is 2.27. The molecule has 0 aliphatic carbocycles. The first-order valence-electron chi connectivity index (χ1n) is 9.92. The predicted octanol–water partition coefficient (Wildman–Crippen LogP) is 4.48. The number of para-hydroxylation sites is 2. The van der Waals surface area contributed by atoms with Crippen molar-refractivity contribution < 1.29 is 22.7 Å². The number of nitrogens with one attached hydrogen (secondary N) is 1. The number of hydrogen-bond acceptors (Lipinski definition) is 3. The average Bonchev–Trinajstić information content (AvgIpc) is 3.08. The van der Waals surface area contributed by atoms with Crippen molar-refractivity contribution in [2.75, 3.05) is 13.7 Å². The van der Waals surface area contributed by atoms with E-state index in [2.05, 4.69) is 19.6 Å². The normalized spacial score (nSPS) is 11.6. The summed E-state index contributed by atoms with van der Waals surface area (Å²) in [5.74, 6) is 0.810. The van der Waals surface area contributed by atoms with Gasteiger partial charge < -0.3 is 19.5 Å². The second kappa shape index (κ2) is 9.82. The molecule has 0 radical (unpaired) electrons. The van der Waals surface area contributed by atoms with E-state index < -0.39 is 12.8 Å². The molecule has 3 rings (SSSR count). The number of rotatable bonds is 8. The molecule has 9 heteroatoms. The zero-order chi connectivity index (χ0) is 22.4. The first-order valence-corrected chi connectivity index (χ1v) is 9.92. The van der Waals surface area contributed by atoms with E-state index in [-0.39, 0.29) is 12.6 Å². The largest absolute Gasteiger partial charge is 0.411 e. The summed E-state index contributed by atoms with van der Waals surface area (Å²) < 4.78 is 43.1. The molecule has 0 bridgehead atoms. The molecular formula is C22H25F3N4O2. The van der Waals surface area contributed by atoms with E-state index in [9.17, 15) is 18.0 Å². The lowest BCUT2D eigenvalue weighted by Crippen LogP contribution is -2.37. The van der Waals surface area contributed by atoms with Gasteiger partial charge in [0.15, 0.2) is 0 Å². The van der Waals surface area contributed by atoms with Crippen molar-refractivity contribution in [3.8, 4) is 0 Å². The number of nitrogens with zero attached hydrogens (tertiary/aromatic N) is 3. The van der Waals surface area contributed by atoms with Crippen LogP contribution >= 0.6 is 0 Å². The second-order valence-electron chi connectivity index (χ2n) is 7.20. The Balaban J connectivity index is 1.51. The van der Waals surface area contributed by atoms with Crippen molar-refractivity contribution >= 4 is 17.1 Å². The van der Waals surface area contributed by atoms with Crippen LogP contribution in [-0.2, 0) is 31.0 Å². The van der Waals surface area contributed by atoms with Crippen molar-refractivity contribution in [3.63, 3.8) is 0 Å². The lowest BCUT2D eigenvalue weighted by molar-refractivity contribution is -0.176. The fourth-order valence-corrected chi connectivity index (χ4v) is 3.23. The Hall–Kier alpha value is -3.07. The van der Waals surface area contributed by atoms with Crippen LogP contribution in [0.1, 0.15) is 23.9 Å². The van der Waals surface area contributed by atoms with Gasteiger partial charge in [-0.1, -0.05) is 36.4 Å². The zero-order valence-corrected chi connectivity index (χ0v) is 17.4. The number of imidazole rings is 1. The molecule has 166 valence electrons. The highest BCUT2D eigenvalue weighted by atomic mass is 19.4. The molecule has 6 nitrogen and oxygen atoms in total. The molecule has 1 N–H and O–H groups in total. The lowest BCUT2D eigenvalue weighted by atomic mass is 10.1. The Bertz CT molecular complexity index is 1020. The third-order valence-electron chi connectivity index (χ3n) is 4.78. The van der Waals surface area contributed by atoms with Gasteiger partial charge in [0, 0.05) is 20.1 Å². The number of halogens is 3. The predicted molar refractivity (Wildman–Crippen MR) is 111 cm³/mol. The van der Waals surface area contributed by atoms with Crippen molar-refractivity contribution in [2.45, 2.75) is 39.3 Å². The van der Waals surface area contributed by atoms with Crippen molar-refractivity contribution in [1.82, 2.24) is 19.8 Å². The molecule has 2 aromatic carbocycles. The van der Waals surface area contributed by atoms with Gasteiger partial charge in [0.1, 0.15) is 12.4 Å². The summed E-state index contributed by atoms with van der Waals surface area (Å²) in [4.78, 5) is 18.7. The third-order valence-corrected chi connectivity index (χ3v) is 4.78. The number of alkyl halides is 3. The maximum atomic E-state index is 12.5. The van der Waals surface area contributed by atoms with Gasteiger partial charge in [-0.25, -0.2) is 9.78 Å². The number of amides is 2. The summed E-state index contributed by atoms with van der Waals surface area (Å²) in [7, 11) is 1.70. The van der Waals surface area contributed by atoms with Crippen molar-refractivity contribution in [2.24, 2.45) is 0 Å². The van der Waals surface area contributed by atoms with Crippen LogP contribution in [0, 0.1) is 0 Å². The Morgan fingerprint density at radius 3 is 2.48 bits per heavy atom. The molecule has 1 aromatic heterocycles. The molecule has 0 unspecified atom stereocenters. The summed E-state index contributed by atoms with van der Waals surface area (Å²) in [6.45, 7) is 2.07. The molecule has 1 heterocycles. The van der Waals surface area contributed by atoms with Crippen LogP contribution in [0.4, 0.5) is 18.0 Å². The number of carbonyl (C=O) groups excluding carboxylic acids is 1. The summed E-state index contributed by atoms with van der Waals surface area (Å²) >= 11 is 0. The fraction of sp³-hybridized carbons (Fsp3) is 0.364. The molecule has 0 atom stereocenters. The highest BCUT2D eigenvalue weighted by Crippen LogP contribution is 2.17. The second-order valence-corrected chi connectivity index (χ2v) is 7.20. The van der Waals surface area contributed by atoms with Gasteiger partial charge in [0.2, 0.25) is 0 Å². The minimum Gasteiger partial charge on any atom is -0.367 e. The minimum absolute atomic E-state index is 0.118. The van der Waals surface area contributed by atoms with Crippen molar-refractivity contribution in [1.29, 1.82) is 0 Å². The summed E-state index contributed by atoms with van der Waals surface area (Å²) in [5.41, 5.74) is 3.40. The van der Waals surface area contributed by atoms with E-state index in [1.807, 2.05) is 31.2 Å². The van der Waals surface area contributed by atoms with Crippen LogP contribution in [0.3, 0.4) is 0 Å². The molecule has 2 amide bonds. The van der Waals surface area contributed by atoms with E-state index in [4.69, 9.17) is 0 Å². The third kappa shape index (κ3) is 6.21. The number of aryl methyl sites for hydroxylation is 1. The maximum absolute atomic E-state index is 12.5. The topological polar surface area (TPSA) is 59.4 Å². The molecule has 0 saturated heterocycles. The Kier molecular flexibility index (Phi) is 7.17. The minimum atomic E-state index is -4.34.